The number of amides is 2. The average molecular weight is 439 g/mol. The maximum absolute atomic E-state index is 12.8. The molecule has 2 saturated heterocycles. The summed E-state index contributed by atoms with van der Waals surface area (Å²) in [4.78, 5) is 16.9. The van der Waals surface area contributed by atoms with Crippen molar-refractivity contribution in [3.8, 4) is 0 Å². The van der Waals surface area contributed by atoms with Crippen molar-refractivity contribution >= 4 is 16.1 Å². The normalized spacial score (nSPS) is 21.7. The van der Waals surface area contributed by atoms with Crippen LogP contribution in [0.25, 0.3) is 0 Å². The molecule has 1 atom stereocenters. The van der Waals surface area contributed by atoms with E-state index in [0.29, 0.717) is 50.1 Å². The first-order valence-electron chi connectivity index (χ1n) is 10.7. The third kappa shape index (κ3) is 5.94. The van der Waals surface area contributed by atoms with E-state index in [9.17, 15) is 13.2 Å². The third-order valence-corrected chi connectivity index (χ3v) is 7.42. The Labute approximate surface area is 180 Å². The highest BCUT2D eigenvalue weighted by Gasteiger charge is 2.30. The summed E-state index contributed by atoms with van der Waals surface area (Å²) in [6, 6.07) is 6.71. The zero-order valence-corrected chi connectivity index (χ0v) is 19.0. The molecular formula is C21H34N4O4S. The molecule has 0 spiro atoms. The van der Waals surface area contributed by atoms with Crippen LogP contribution in [0.5, 0.6) is 0 Å². The molecule has 0 aliphatic carbocycles. The van der Waals surface area contributed by atoms with Crippen LogP contribution < -0.4 is 5.32 Å². The van der Waals surface area contributed by atoms with Gasteiger partial charge in [-0.15, -0.1) is 0 Å². The molecule has 2 amide bonds. The van der Waals surface area contributed by atoms with E-state index in [-0.39, 0.29) is 12.1 Å². The average Bonchev–Trinajstić information content (AvgIpc) is 2.72. The van der Waals surface area contributed by atoms with Crippen LogP contribution >= 0.6 is 0 Å². The number of hydrogen-bond acceptors (Lipinski definition) is 5. The molecule has 2 fully saturated rings. The van der Waals surface area contributed by atoms with E-state index in [1.807, 2.05) is 6.92 Å². The minimum atomic E-state index is -3.52. The van der Waals surface area contributed by atoms with E-state index in [1.165, 1.54) is 4.31 Å². The fourth-order valence-electron chi connectivity index (χ4n) is 3.89. The van der Waals surface area contributed by atoms with Gasteiger partial charge in [0.25, 0.3) is 0 Å². The number of sulfonamides is 1. The molecule has 3 rings (SSSR count). The molecule has 30 heavy (non-hydrogen) atoms. The molecule has 2 aliphatic heterocycles. The number of ether oxygens (including phenoxy) is 1. The monoisotopic (exact) mass is 438 g/mol. The van der Waals surface area contributed by atoms with Gasteiger partial charge in [-0.3, -0.25) is 4.90 Å². The van der Waals surface area contributed by atoms with Crippen molar-refractivity contribution in [3.63, 3.8) is 0 Å². The van der Waals surface area contributed by atoms with Gasteiger partial charge in [0.2, 0.25) is 10.0 Å². The Kier molecular flexibility index (Phi) is 7.73. The lowest BCUT2D eigenvalue weighted by atomic mass is 10.2. The predicted octanol–water partition coefficient (Wildman–Crippen LogP) is 1.37. The molecule has 1 aromatic rings. The van der Waals surface area contributed by atoms with Gasteiger partial charge in [-0.1, -0.05) is 31.5 Å². The molecule has 0 aromatic heterocycles. The van der Waals surface area contributed by atoms with Crippen molar-refractivity contribution in [1.29, 1.82) is 0 Å². The van der Waals surface area contributed by atoms with Crippen LogP contribution in [0.1, 0.15) is 19.4 Å². The lowest BCUT2D eigenvalue weighted by molar-refractivity contribution is -0.0294. The number of hydrogen-bond donors (Lipinski definition) is 1. The summed E-state index contributed by atoms with van der Waals surface area (Å²) >= 11 is 0. The first-order valence-corrected chi connectivity index (χ1v) is 12.1. The molecule has 0 bridgehead atoms. The van der Waals surface area contributed by atoms with Gasteiger partial charge in [-0.25, -0.2) is 13.2 Å². The number of rotatable bonds is 6. The minimum absolute atomic E-state index is 0.00958. The molecule has 0 radical (unpaired) electrons. The van der Waals surface area contributed by atoms with Crippen LogP contribution in [0.3, 0.4) is 0 Å². The molecule has 1 N–H and O–H groups in total. The van der Waals surface area contributed by atoms with Gasteiger partial charge in [0, 0.05) is 52.4 Å². The van der Waals surface area contributed by atoms with E-state index in [4.69, 9.17) is 4.74 Å². The maximum atomic E-state index is 12.8. The maximum Gasteiger partial charge on any atom is 0.317 e. The van der Waals surface area contributed by atoms with Gasteiger partial charge in [0.05, 0.1) is 17.6 Å². The summed E-state index contributed by atoms with van der Waals surface area (Å²) in [5.74, 6) is 0.603. The summed E-state index contributed by atoms with van der Waals surface area (Å²) in [6.45, 7) is 11.6. The van der Waals surface area contributed by atoms with E-state index in [1.54, 1.807) is 29.2 Å². The Morgan fingerprint density at radius 2 is 1.80 bits per heavy atom. The lowest BCUT2D eigenvalue weighted by Gasteiger charge is -2.36. The number of carbonyl (C=O) groups excluding carboxylic acids is 1. The van der Waals surface area contributed by atoms with Crippen LogP contribution in [-0.4, -0.2) is 93.6 Å². The molecule has 1 aromatic carbocycles. The zero-order chi connectivity index (χ0) is 21.7. The fourth-order valence-corrected chi connectivity index (χ4v) is 5.31. The van der Waals surface area contributed by atoms with E-state index in [0.717, 1.165) is 25.2 Å². The molecule has 0 saturated carbocycles. The second-order valence-electron chi connectivity index (χ2n) is 8.54. The minimum Gasteiger partial charge on any atom is -0.374 e. The highest BCUT2D eigenvalue weighted by Crippen LogP contribution is 2.18. The standard InChI is InChI=1S/C21H34N4O4S/c1-17(2)15-23-12-13-29-19(16-23)14-22-21(26)24-8-10-25(11-9-24)30(27,28)20-6-4-18(3)5-7-20/h4-7,17,19H,8-16H2,1-3H3,(H,22,26). The number of piperazine rings is 1. The highest BCUT2D eigenvalue weighted by molar-refractivity contribution is 7.89. The van der Waals surface area contributed by atoms with Crippen molar-refractivity contribution in [1.82, 2.24) is 19.4 Å². The Morgan fingerprint density at radius 3 is 2.43 bits per heavy atom. The van der Waals surface area contributed by atoms with Crippen molar-refractivity contribution in [2.75, 3.05) is 59.0 Å². The Bertz CT molecular complexity index is 805. The molecular weight excluding hydrogens is 404 g/mol. The van der Waals surface area contributed by atoms with Gasteiger partial charge in [-0.05, 0) is 25.0 Å². The number of urea groups is 1. The molecule has 2 heterocycles. The van der Waals surface area contributed by atoms with E-state index < -0.39 is 10.0 Å². The number of morpholine rings is 1. The summed E-state index contributed by atoms with van der Waals surface area (Å²) in [5, 5.41) is 2.95. The van der Waals surface area contributed by atoms with Crippen LogP contribution in [0.15, 0.2) is 29.2 Å². The number of nitrogens with one attached hydrogen (secondary N) is 1. The van der Waals surface area contributed by atoms with E-state index in [2.05, 4.69) is 24.1 Å². The zero-order valence-electron chi connectivity index (χ0n) is 18.2. The largest absolute Gasteiger partial charge is 0.374 e. The fraction of sp³-hybridized carbons (Fsp3) is 0.667. The van der Waals surface area contributed by atoms with Crippen molar-refractivity contribution in [2.24, 2.45) is 5.92 Å². The molecule has 168 valence electrons. The smallest absolute Gasteiger partial charge is 0.317 e. The van der Waals surface area contributed by atoms with Crippen LogP contribution in [0.2, 0.25) is 0 Å². The first-order chi connectivity index (χ1) is 14.3. The van der Waals surface area contributed by atoms with Crippen molar-refractivity contribution in [2.45, 2.75) is 31.8 Å². The quantitative estimate of drug-likeness (QED) is 0.725. The SMILES string of the molecule is Cc1ccc(S(=O)(=O)N2CCN(C(=O)NCC3CN(CC(C)C)CCO3)CC2)cc1. The second kappa shape index (κ2) is 10.1. The van der Waals surface area contributed by atoms with Crippen LogP contribution in [0, 0.1) is 12.8 Å². The second-order valence-corrected chi connectivity index (χ2v) is 10.5. The van der Waals surface area contributed by atoms with Crippen LogP contribution in [0.4, 0.5) is 4.79 Å². The van der Waals surface area contributed by atoms with Gasteiger partial charge < -0.3 is 15.0 Å². The number of carbonyl (C=O) groups is 1. The number of nitrogens with zero attached hydrogens (tertiary/aromatic N) is 3. The number of aryl methyl sites for hydroxylation is 1. The Morgan fingerprint density at radius 1 is 1.13 bits per heavy atom. The van der Waals surface area contributed by atoms with Crippen molar-refractivity contribution in [3.05, 3.63) is 29.8 Å². The topological polar surface area (TPSA) is 82.2 Å². The summed E-state index contributed by atoms with van der Waals surface area (Å²) in [5.41, 5.74) is 1.02. The Balaban J connectivity index is 1.45. The molecule has 9 heteroatoms. The molecule has 2 aliphatic rings. The summed E-state index contributed by atoms with van der Waals surface area (Å²) in [7, 11) is -3.52. The van der Waals surface area contributed by atoms with Crippen molar-refractivity contribution < 1.29 is 17.9 Å². The highest BCUT2D eigenvalue weighted by atomic mass is 32.2. The van der Waals surface area contributed by atoms with Crippen LogP contribution in [-0.2, 0) is 14.8 Å². The lowest BCUT2D eigenvalue weighted by Crippen LogP contribution is -2.55. The molecule has 8 nitrogen and oxygen atoms in total. The number of benzene rings is 1. The Hall–Kier alpha value is -1.68. The predicted molar refractivity (Wildman–Crippen MR) is 116 cm³/mol. The summed E-state index contributed by atoms with van der Waals surface area (Å²) in [6.07, 6.45) is -0.00958. The van der Waals surface area contributed by atoms with Gasteiger partial charge in [0.1, 0.15) is 0 Å². The van der Waals surface area contributed by atoms with Gasteiger partial charge in [-0.2, -0.15) is 4.31 Å². The van der Waals surface area contributed by atoms with E-state index >= 15 is 0 Å². The van der Waals surface area contributed by atoms with Gasteiger partial charge in [0.15, 0.2) is 0 Å². The van der Waals surface area contributed by atoms with Gasteiger partial charge >= 0.3 is 6.03 Å². The third-order valence-electron chi connectivity index (χ3n) is 5.51. The first kappa shape index (κ1) is 23.0. The molecule has 1 unspecified atom stereocenters. The summed E-state index contributed by atoms with van der Waals surface area (Å²) < 4.78 is 32.8.